The maximum atomic E-state index is 12.0. The highest BCUT2D eigenvalue weighted by atomic mass is 35.5. The van der Waals surface area contributed by atoms with Gasteiger partial charge in [-0.15, -0.1) is 0 Å². The Labute approximate surface area is 132 Å². The maximum absolute atomic E-state index is 12.0. The summed E-state index contributed by atoms with van der Waals surface area (Å²) >= 11 is 5.64. The average molecular weight is 338 g/mol. The van der Waals surface area contributed by atoms with Crippen molar-refractivity contribution in [2.45, 2.75) is 32.0 Å². The van der Waals surface area contributed by atoms with Gasteiger partial charge in [-0.3, -0.25) is 19.2 Å². The van der Waals surface area contributed by atoms with Crippen LogP contribution >= 0.6 is 11.8 Å². The van der Waals surface area contributed by atoms with Gasteiger partial charge >= 0.3 is 0 Å². The van der Waals surface area contributed by atoms with E-state index in [0.29, 0.717) is 4.42 Å². The average Bonchev–Trinajstić information content (AvgIpc) is 2.42. The van der Waals surface area contributed by atoms with Gasteiger partial charge in [-0.25, -0.2) is 4.42 Å². The van der Waals surface area contributed by atoms with Crippen LogP contribution < -0.4 is 22.1 Å². The molecule has 10 nitrogen and oxygen atoms in total. The lowest BCUT2D eigenvalue weighted by Crippen LogP contribution is -2.58. The standard InChI is InChI=1S/C11H20ClN5O5/c1-5(18)9(11(22)15-4-8(14)20)16-10(21)7(3-13)17(12)6(2)19/h5,7,9,18H,3-4,13H2,1-2H3,(H2,14,20)(H,15,22)(H,16,21)/t5-,7+,9+/m1/s1. The van der Waals surface area contributed by atoms with Crippen LogP contribution in [0.3, 0.4) is 0 Å². The lowest BCUT2D eigenvalue weighted by atomic mass is 10.1. The number of primary amides is 1. The van der Waals surface area contributed by atoms with Crippen LogP contribution in [0.15, 0.2) is 0 Å². The van der Waals surface area contributed by atoms with Crippen molar-refractivity contribution in [1.29, 1.82) is 0 Å². The van der Waals surface area contributed by atoms with E-state index in [-0.39, 0.29) is 6.54 Å². The lowest BCUT2D eigenvalue weighted by molar-refractivity contribution is -0.137. The van der Waals surface area contributed by atoms with Gasteiger partial charge in [0.1, 0.15) is 12.1 Å². The first-order chi connectivity index (χ1) is 10.1. The van der Waals surface area contributed by atoms with Crippen LogP contribution in [0.2, 0.25) is 0 Å². The molecule has 7 N–H and O–H groups in total. The molecular weight excluding hydrogens is 318 g/mol. The van der Waals surface area contributed by atoms with Gasteiger partial charge in [0.15, 0.2) is 0 Å². The normalized spacial score (nSPS) is 14.4. The second kappa shape index (κ2) is 9.18. The Balaban J connectivity index is 4.93. The van der Waals surface area contributed by atoms with E-state index in [0.717, 1.165) is 6.92 Å². The van der Waals surface area contributed by atoms with E-state index in [4.69, 9.17) is 23.2 Å². The van der Waals surface area contributed by atoms with E-state index >= 15 is 0 Å². The van der Waals surface area contributed by atoms with Gasteiger partial charge in [0, 0.05) is 25.2 Å². The lowest BCUT2D eigenvalue weighted by Gasteiger charge is -2.26. The first kappa shape index (κ1) is 20.1. The summed E-state index contributed by atoms with van der Waals surface area (Å²) in [4.78, 5) is 45.6. The van der Waals surface area contributed by atoms with Gasteiger partial charge in [0.05, 0.1) is 12.6 Å². The molecule has 22 heavy (non-hydrogen) atoms. The van der Waals surface area contributed by atoms with Crippen LogP contribution in [0.1, 0.15) is 13.8 Å². The fourth-order valence-electron chi connectivity index (χ4n) is 1.46. The maximum Gasteiger partial charge on any atom is 0.246 e. The second-order valence-electron chi connectivity index (χ2n) is 4.49. The molecule has 0 spiro atoms. The zero-order valence-electron chi connectivity index (χ0n) is 12.2. The highest BCUT2D eigenvalue weighted by Gasteiger charge is 2.31. The number of amides is 4. The third-order valence-corrected chi connectivity index (χ3v) is 3.07. The zero-order valence-corrected chi connectivity index (χ0v) is 13.0. The van der Waals surface area contributed by atoms with Crippen LogP contribution in [0.25, 0.3) is 0 Å². The minimum Gasteiger partial charge on any atom is -0.391 e. The number of halogens is 1. The molecule has 0 saturated carbocycles. The number of hydrogen-bond donors (Lipinski definition) is 5. The zero-order chi connectivity index (χ0) is 17.4. The highest BCUT2D eigenvalue weighted by Crippen LogP contribution is 2.05. The van der Waals surface area contributed by atoms with Crippen molar-refractivity contribution in [2.24, 2.45) is 11.5 Å². The Bertz CT molecular complexity index is 445. The summed E-state index contributed by atoms with van der Waals surface area (Å²) < 4.78 is 0.593. The van der Waals surface area contributed by atoms with Gasteiger partial charge in [0.25, 0.3) is 0 Å². The molecule has 0 fully saturated rings. The monoisotopic (exact) mass is 337 g/mol. The van der Waals surface area contributed by atoms with Gasteiger partial charge < -0.3 is 27.2 Å². The number of carbonyl (C=O) groups excluding carboxylic acids is 4. The molecule has 4 amide bonds. The molecule has 11 heteroatoms. The van der Waals surface area contributed by atoms with Gasteiger partial charge in [0.2, 0.25) is 23.6 Å². The third kappa shape index (κ3) is 6.24. The van der Waals surface area contributed by atoms with E-state index in [1.165, 1.54) is 6.92 Å². The molecular formula is C11H20ClN5O5. The minimum atomic E-state index is -1.36. The fourth-order valence-corrected chi connectivity index (χ4v) is 1.63. The first-order valence-corrected chi connectivity index (χ1v) is 6.65. The Hall–Kier alpha value is -1.91. The van der Waals surface area contributed by atoms with Crippen molar-refractivity contribution in [2.75, 3.05) is 13.1 Å². The third-order valence-electron chi connectivity index (χ3n) is 2.60. The van der Waals surface area contributed by atoms with E-state index in [1.807, 2.05) is 0 Å². The topological polar surface area (TPSA) is 168 Å². The molecule has 126 valence electrons. The second-order valence-corrected chi connectivity index (χ2v) is 4.86. The Kier molecular flexibility index (Phi) is 8.38. The highest BCUT2D eigenvalue weighted by molar-refractivity contribution is 6.22. The number of aliphatic hydroxyl groups excluding tert-OH is 1. The van der Waals surface area contributed by atoms with Crippen LogP contribution in [0.4, 0.5) is 0 Å². The largest absolute Gasteiger partial charge is 0.391 e. The smallest absolute Gasteiger partial charge is 0.246 e. The molecule has 0 aromatic carbocycles. The van der Waals surface area contributed by atoms with Gasteiger partial charge in [-0.05, 0) is 6.92 Å². The van der Waals surface area contributed by atoms with Crippen LogP contribution in [0.5, 0.6) is 0 Å². The van der Waals surface area contributed by atoms with Crippen molar-refractivity contribution >= 4 is 35.4 Å². The molecule has 0 aliphatic carbocycles. The van der Waals surface area contributed by atoms with Crippen molar-refractivity contribution in [3.8, 4) is 0 Å². The number of nitrogens with zero attached hydrogens (tertiary/aromatic N) is 1. The van der Waals surface area contributed by atoms with Crippen LogP contribution in [-0.2, 0) is 19.2 Å². The van der Waals surface area contributed by atoms with E-state index in [9.17, 15) is 24.3 Å². The molecule has 0 heterocycles. The van der Waals surface area contributed by atoms with E-state index in [1.54, 1.807) is 0 Å². The molecule has 0 aliphatic rings. The van der Waals surface area contributed by atoms with Gasteiger partial charge in [-0.2, -0.15) is 0 Å². The Morgan fingerprint density at radius 3 is 2.18 bits per heavy atom. The first-order valence-electron chi connectivity index (χ1n) is 6.31. The number of rotatable bonds is 8. The number of nitrogens with two attached hydrogens (primary N) is 2. The predicted octanol–water partition coefficient (Wildman–Crippen LogP) is -3.22. The number of carbonyl (C=O) groups is 4. The van der Waals surface area contributed by atoms with Crippen molar-refractivity contribution < 1.29 is 24.3 Å². The van der Waals surface area contributed by atoms with Crippen LogP contribution in [-0.4, -0.2) is 64.4 Å². The molecule has 0 rings (SSSR count). The molecule has 0 aliphatic heterocycles. The molecule has 3 atom stereocenters. The quantitative estimate of drug-likeness (QED) is 0.292. The Morgan fingerprint density at radius 1 is 1.27 bits per heavy atom. The summed E-state index contributed by atoms with van der Waals surface area (Å²) in [6, 6.07) is -2.58. The molecule has 0 saturated heterocycles. The SMILES string of the molecule is CC(=O)N(Cl)[C@@H](CN)C(=O)N[C@H](C(=O)NCC(N)=O)[C@@H](C)O. The summed E-state index contributed by atoms with van der Waals surface area (Å²) in [5.74, 6) is -3.04. The summed E-state index contributed by atoms with van der Waals surface area (Å²) in [6.07, 6.45) is -1.27. The molecule has 0 unspecified atom stereocenters. The number of nitrogens with one attached hydrogen (secondary N) is 2. The summed E-state index contributed by atoms with van der Waals surface area (Å²) in [6.45, 7) is 1.65. The fraction of sp³-hybridized carbons (Fsp3) is 0.636. The Morgan fingerprint density at radius 2 is 1.82 bits per heavy atom. The predicted molar refractivity (Wildman–Crippen MR) is 77.0 cm³/mol. The van der Waals surface area contributed by atoms with E-state index in [2.05, 4.69) is 10.6 Å². The molecule has 0 bridgehead atoms. The molecule has 0 aromatic heterocycles. The number of aliphatic hydroxyl groups is 1. The summed E-state index contributed by atoms with van der Waals surface area (Å²) in [7, 11) is 0. The minimum absolute atomic E-state index is 0.287. The van der Waals surface area contributed by atoms with Crippen molar-refractivity contribution in [3.63, 3.8) is 0 Å². The molecule has 0 radical (unpaired) electrons. The summed E-state index contributed by atoms with van der Waals surface area (Å²) in [5, 5.41) is 13.9. The van der Waals surface area contributed by atoms with E-state index < -0.39 is 48.4 Å². The number of hydrogen-bond acceptors (Lipinski definition) is 6. The molecule has 0 aromatic rings. The summed E-state index contributed by atoms with van der Waals surface area (Å²) in [5.41, 5.74) is 10.3. The van der Waals surface area contributed by atoms with Crippen molar-refractivity contribution in [3.05, 3.63) is 0 Å². The van der Waals surface area contributed by atoms with Gasteiger partial charge in [-0.1, -0.05) is 0 Å². The van der Waals surface area contributed by atoms with Crippen molar-refractivity contribution in [1.82, 2.24) is 15.1 Å². The van der Waals surface area contributed by atoms with Crippen LogP contribution in [0, 0.1) is 0 Å².